The van der Waals surface area contributed by atoms with Crippen LogP contribution in [0.15, 0.2) is 18.2 Å². The molecule has 0 unspecified atom stereocenters. The number of aromatic amines is 1. The number of benzene rings is 1. The Balaban J connectivity index is 2.48. The molecule has 0 radical (unpaired) electrons. The maximum atomic E-state index is 6.10. The molecule has 2 aromatic rings. The maximum absolute atomic E-state index is 6.10. The van der Waals surface area contributed by atoms with Crippen molar-refractivity contribution in [2.75, 3.05) is 7.11 Å². The fourth-order valence-corrected chi connectivity index (χ4v) is 1.93. The third kappa shape index (κ3) is 2.28. The number of aromatic nitrogens is 2. The van der Waals surface area contributed by atoms with Crippen molar-refractivity contribution in [3.05, 3.63) is 34.5 Å². The van der Waals surface area contributed by atoms with Crippen molar-refractivity contribution < 1.29 is 4.74 Å². The molecule has 0 amide bonds. The standard InChI is InChI=1S/C12H14ClN3O/c1-7-3-12(17-2)10(13)5-9(7)11-4-8(6-14)15-16-11/h3-5H,6,14H2,1-2H3,(H,15,16). The normalized spacial score (nSPS) is 10.6. The minimum atomic E-state index is 0.440. The van der Waals surface area contributed by atoms with Crippen LogP contribution < -0.4 is 10.5 Å². The van der Waals surface area contributed by atoms with Crippen LogP contribution in [0.1, 0.15) is 11.3 Å². The minimum absolute atomic E-state index is 0.440. The van der Waals surface area contributed by atoms with Crippen molar-refractivity contribution in [2.45, 2.75) is 13.5 Å². The molecule has 1 aromatic carbocycles. The summed E-state index contributed by atoms with van der Waals surface area (Å²) in [6.07, 6.45) is 0. The summed E-state index contributed by atoms with van der Waals surface area (Å²) >= 11 is 6.10. The van der Waals surface area contributed by atoms with Gasteiger partial charge < -0.3 is 10.5 Å². The van der Waals surface area contributed by atoms with Gasteiger partial charge in [-0.25, -0.2) is 0 Å². The lowest BCUT2D eigenvalue weighted by molar-refractivity contribution is 0.415. The Kier molecular flexibility index (Phi) is 3.36. The summed E-state index contributed by atoms with van der Waals surface area (Å²) < 4.78 is 5.16. The lowest BCUT2D eigenvalue weighted by Crippen LogP contribution is -1.95. The minimum Gasteiger partial charge on any atom is -0.495 e. The van der Waals surface area contributed by atoms with Crippen LogP contribution in [0.2, 0.25) is 5.02 Å². The molecule has 0 aliphatic rings. The zero-order chi connectivity index (χ0) is 12.4. The number of halogens is 1. The van der Waals surface area contributed by atoms with Crippen LogP contribution in [-0.2, 0) is 6.54 Å². The van der Waals surface area contributed by atoms with Crippen LogP contribution in [0.3, 0.4) is 0 Å². The Morgan fingerprint density at radius 3 is 2.76 bits per heavy atom. The Bertz CT molecular complexity index is 537. The smallest absolute Gasteiger partial charge is 0.137 e. The molecule has 3 N–H and O–H groups in total. The summed E-state index contributed by atoms with van der Waals surface area (Å²) in [5.41, 5.74) is 9.31. The van der Waals surface area contributed by atoms with E-state index in [4.69, 9.17) is 22.1 Å². The molecule has 2 rings (SSSR count). The maximum Gasteiger partial charge on any atom is 0.137 e. The number of ether oxygens (including phenoxy) is 1. The van der Waals surface area contributed by atoms with Crippen molar-refractivity contribution >= 4 is 11.6 Å². The number of aryl methyl sites for hydroxylation is 1. The zero-order valence-electron chi connectivity index (χ0n) is 9.75. The van der Waals surface area contributed by atoms with Crippen molar-refractivity contribution in [1.82, 2.24) is 10.2 Å². The molecular formula is C12H14ClN3O. The van der Waals surface area contributed by atoms with Gasteiger partial charge in [-0.05, 0) is 30.7 Å². The monoisotopic (exact) mass is 251 g/mol. The van der Waals surface area contributed by atoms with Crippen molar-refractivity contribution in [2.24, 2.45) is 5.73 Å². The number of nitrogens with one attached hydrogen (secondary N) is 1. The van der Waals surface area contributed by atoms with Crippen molar-refractivity contribution in [3.8, 4) is 17.0 Å². The van der Waals surface area contributed by atoms with E-state index in [1.54, 1.807) is 7.11 Å². The summed E-state index contributed by atoms with van der Waals surface area (Å²) in [5, 5.41) is 7.66. The van der Waals surface area contributed by atoms with Gasteiger partial charge in [-0.2, -0.15) is 5.10 Å². The van der Waals surface area contributed by atoms with Gasteiger partial charge in [-0.3, -0.25) is 5.10 Å². The molecule has 0 aliphatic carbocycles. The molecule has 0 spiro atoms. The van der Waals surface area contributed by atoms with Gasteiger partial charge in [0, 0.05) is 17.8 Å². The van der Waals surface area contributed by atoms with Gasteiger partial charge in [0.15, 0.2) is 0 Å². The Hall–Kier alpha value is -1.52. The van der Waals surface area contributed by atoms with E-state index in [2.05, 4.69) is 10.2 Å². The number of nitrogens with zero attached hydrogens (tertiary/aromatic N) is 1. The second-order valence-corrected chi connectivity index (χ2v) is 4.19. The van der Waals surface area contributed by atoms with E-state index in [0.717, 1.165) is 22.5 Å². The Morgan fingerprint density at radius 2 is 2.18 bits per heavy atom. The number of hydrogen-bond donors (Lipinski definition) is 2. The van der Waals surface area contributed by atoms with Crippen molar-refractivity contribution in [3.63, 3.8) is 0 Å². The molecule has 0 bridgehead atoms. The van der Waals surface area contributed by atoms with Gasteiger partial charge in [0.05, 0.1) is 17.8 Å². The first-order valence-corrected chi connectivity index (χ1v) is 5.62. The predicted molar refractivity (Wildman–Crippen MR) is 68.2 cm³/mol. The highest BCUT2D eigenvalue weighted by atomic mass is 35.5. The third-order valence-electron chi connectivity index (χ3n) is 2.63. The molecule has 90 valence electrons. The first-order valence-electron chi connectivity index (χ1n) is 5.24. The average Bonchev–Trinajstić information content (AvgIpc) is 2.80. The SMILES string of the molecule is COc1cc(C)c(-c2cc(CN)[nH]n2)cc1Cl. The van der Waals surface area contributed by atoms with Crippen LogP contribution in [0.25, 0.3) is 11.3 Å². The van der Waals surface area contributed by atoms with E-state index in [0.29, 0.717) is 17.3 Å². The molecular weight excluding hydrogens is 238 g/mol. The number of rotatable bonds is 3. The average molecular weight is 252 g/mol. The molecule has 0 saturated carbocycles. The summed E-state index contributed by atoms with van der Waals surface area (Å²) in [6, 6.07) is 5.67. The van der Waals surface area contributed by atoms with E-state index in [-0.39, 0.29) is 0 Å². The predicted octanol–water partition coefficient (Wildman–Crippen LogP) is 2.51. The Labute approximate surface area is 105 Å². The van der Waals surface area contributed by atoms with Crippen LogP contribution in [0.5, 0.6) is 5.75 Å². The highest BCUT2D eigenvalue weighted by Crippen LogP contribution is 2.32. The Morgan fingerprint density at radius 1 is 1.41 bits per heavy atom. The van der Waals surface area contributed by atoms with Crippen LogP contribution in [0.4, 0.5) is 0 Å². The van der Waals surface area contributed by atoms with Gasteiger partial charge in [-0.1, -0.05) is 11.6 Å². The van der Waals surface area contributed by atoms with E-state index in [1.807, 2.05) is 25.1 Å². The number of methoxy groups -OCH3 is 1. The first kappa shape index (κ1) is 12.0. The number of nitrogens with two attached hydrogens (primary N) is 1. The summed E-state index contributed by atoms with van der Waals surface area (Å²) in [4.78, 5) is 0. The molecule has 4 nitrogen and oxygen atoms in total. The largest absolute Gasteiger partial charge is 0.495 e. The lowest BCUT2D eigenvalue weighted by atomic mass is 10.1. The third-order valence-corrected chi connectivity index (χ3v) is 2.92. The van der Waals surface area contributed by atoms with E-state index in [9.17, 15) is 0 Å². The highest BCUT2D eigenvalue weighted by molar-refractivity contribution is 6.32. The molecule has 1 heterocycles. The van der Waals surface area contributed by atoms with E-state index < -0.39 is 0 Å². The molecule has 17 heavy (non-hydrogen) atoms. The molecule has 1 aromatic heterocycles. The molecule has 0 fully saturated rings. The second-order valence-electron chi connectivity index (χ2n) is 3.78. The van der Waals surface area contributed by atoms with E-state index >= 15 is 0 Å². The van der Waals surface area contributed by atoms with Gasteiger partial charge in [-0.15, -0.1) is 0 Å². The molecule has 0 saturated heterocycles. The van der Waals surface area contributed by atoms with Crippen molar-refractivity contribution in [1.29, 1.82) is 0 Å². The van der Waals surface area contributed by atoms with Crippen LogP contribution in [0, 0.1) is 6.92 Å². The second kappa shape index (κ2) is 4.77. The molecule has 0 aliphatic heterocycles. The quantitative estimate of drug-likeness (QED) is 0.881. The van der Waals surface area contributed by atoms with Gasteiger partial charge >= 0.3 is 0 Å². The van der Waals surface area contributed by atoms with Crippen LogP contribution >= 0.6 is 11.6 Å². The topological polar surface area (TPSA) is 63.9 Å². The zero-order valence-corrected chi connectivity index (χ0v) is 10.5. The van der Waals surface area contributed by atoms with Gasteiger partial charge in [0.1, 0.15) is 5.75 Å². The summed E-state index contributed by atoms with van der Waals surface area (Å²) in [5.74, 6) is 0.669. The van der Waals surface area contributed by atoms with E-state index in [1.165, 1.54) is 0 Å². The lowest BCUT2D eigenvalue weighted by Gasteiger charge is -2.08. The summed E-state index contributed by atoms with van der Waals surface area (Å²) in [7, 11) is 1.60. The molecule has 5 heteroatoms. The highest BCUT2D eigenvalue weighted by Gasteiger charge is 2.10. The molecule has 0 atom stereocenters. The van der Waals surface area contributed by atoms with Crippen LogP contribution in [-0.4, -0.2) is 17.3 Å². The number of H-pyrrole nitrogens is 1. The fraction of sp³-hybridized carbons (Fsp3) is 0.250. The fourth-order valence-electron chi connectivity index (χ4n) is 1.69. The summed E-state index contributed by atoms with van der Waals surface area (Å²) in [6.45, 7) is 2.43. The van der Waals surface area contributed by atoms with Gasteiger partial charge in [0.25, 0.3) is 0 Å². The first-order chi connectivity index (χ1) is 8.15. The number of hydrogen-bond acceptors (Lipinski definition) is 3. The van der Waals surface area contributed by atoms with Gasteiger partial charge in [0.2, 0.25) is 0 Å².